The van der Waals surface area contributed by atoms with Crippen LogP contribution >= 0.6 is 0 Å². The number of aromatic carboxylic acids is 1. The second-order valence-electron chi connectivity index (χ2n) is 4.72. The van der Waals surface area contributed by atoms with E-state index in [0.29, 0.717) is 5.52 Å². The van der Waals surface area contributed by atoms with E-state index in [1.54, 1.807) is 4.57 Å². The molecule has 0 spiro atoms. The predicted octanol–water partition coefficient (Wildman–Crippen LogP) is 2.86. The summed E-state index contributed by atoms with van der Waals surface area (Å²) in [5, 5.41) is 10.7. The molecule has 100 valence electrons. The van der Waals surface area contributed by atoms with Crippen LogP contribution < -0.4 is 0 Å². The third-order valence-electron chi connectivity index (χ3n) is 3.42. The number of carbonyl (C=O) groups excluding carboxylic acids is 1. The largest absolute Gasteiger partial charge is 0.477 e. The average molecular weight is 268 g/mol. The van der Waals surface area contributed by atoms with E-state index in [-0.39, 0.29) is 11.6 Å². The van der Waals surface area contributed by atoms with Crippen molar-refractivity contribution in [2.45, 2.75) is 13.8 Å². The lowest BCUT2D eigenvalue weighted by Gasteiger charge is -2.01. The minimum Gasteiger partial charge on any atom is -0.477 e. The Bertz CT molecular complexity index is 878. The Hall–Kier alpha value is -2.69. The first-order chi connectivity index (χ1) is 9.50. The SMILES string of the molecule is CC(=O)n1c2cnc(C(=O)O)cc2c2c(C)cccc21. The van der Waals surface area contributed by atoms with E-state index in [1.807, 2.05) is 25.1 Å². The maximum Gasteiger partial charge on any atom is 0.354 e. The second kappa shape index (κ2) is 4.16. The summed E-state index contributed by atoms with van der Waals surface area (Å²) in [4.78, 5) is 26.9. The van der Waals surface area contributed by atoms with Crippen LogP contribution in [-0.2, 0) is 0 Å². The summed E-state index contributed by atoms with van der Waals surface area (Å²) in [6.45, 7) is 3.42. The molecule has 5 nitrogen and oxygen atoms in total. The van der Waals surface area contributed by atoms with Gasteiger partial charge in [-0.2, -0.15) is 0 Å². The van der Waals surface area contributed by atoms with Crippen molar-refractivity contribution in [3.05, 3.63) is 41.7 Å². The number of hydrogen-bond acceptors (Lipinski definition) is 3. The van der Waals surface area contributed by atoms with Crippen molar-refractivity contribution >= 4 is 33.7 Å². The van der Waals surface area contributed by atoms with Gasteiger partial charge in [0.15, 0.2) is 0 Å². The van der Waals surface area contributed by atoms with Gasteiger partial charge < -0.3 is 5.11 Å². The Kier molecular flexibility index (Phi) is 2.57. The molecule has 2 heterocycles. The molecule has 5 heteroatoms. The molecular formula is C15H12N2O3. The van der Waals surface area contributed by atoms with Gasteiger partial charge in [0, 0.05) is 17.7 Å². The molecule has 0 aliphatic rings. The lowest BCUT2D eigenvalue weighted by molar-refractivity contribution is 0.0690. The first-order valence-electron chi connectivity index (χ1n) is 6.14. The smallest absolute Gasteiger partial charge is 0.354 e. The van der Waals surface area contributed by atoms with Crippen LogP contribution in [0.5, 0.6) is 0 Å². The van der Waals surface area contributed by atoms with Crippen molar-refractivity contribution in [2.75, 3.05) is 0 Å². The minimum absolute atomic E-state index is 0.0247. The highest BCUT2D eigenvalue weighted by atomic mass is 16.4. The summed E-state index contributed by atoms with van der Waals surface area (Å²) >= 11 is 0. The normalized spacial score (nSPS) is 11.1. The molecule has 2 aromatic heterocycles. The highest BCUT2D eigenvalue weighted by Gasteiger charge is 2.17. The molecular weight excluding hydrogens is 256 g/mol. The quantitative estimate of drug-likeness (QED) is 0.736. The molecule has 0 saturated heterocycles. The Morgan fingerprint density at radius 3 is 2.65 bits per heavy atom. The standard InChI is InChI=1S/C15H12N2O3/c1-8-4-3-5-12-14(8)10-6-11(15(19)20)16-7-13(10)17(12)9(2)18/h3-7H,1-2H3,(H,19,20). The van der Waals surface area contributed by atoms with Crippen LogP contribution in [0.25, 0.3) is 21.8 Å². The van der Waals surface area contributed by atoms with Gasteiger partial charge in [0.1, 0.15) is 5.69 Å². The van der Waals surface area contributed by atoms with Gasteiger partial charge in [0.25, 0.3) is 0 Å². The summed E-state index contributed by atoms with van der Waals surface area (Å²) in [7, 11) is 0. The summed E-state index contributed by atoms with van der Waals surface area (Å²) in [5.74, 6) is -1.20. The third-order valence-corrected chi connectivity index (χ3v) is 3.42. The highest BCUT2D eigenvalue weighted by molar-refractivity contribution is 6.15. The zero-order chi connectivity index (χ0) is 14.4. The Labute approximate surface area is 114 Å². The van der Waals surface area contributed by atoms with Gasteiger partial charge in [0.05, 0.1) is 17.2 Å². The van der Waals surface area contributed by atoms with Crippen LogP contribution in [0.3, 0.4) is 0 Å². The molecule has 3 rings (SSSR count). The van der Waals surface area contributed by atoms with Crippen LogP contribution in [0.4, 0.5) is 0 Å². The van der Waals surface area contributed by atoms with Gasteiger partial charge in [-0.25, -0.2) is 9.78 Å². The van der Waals surface area contributed by atoms with Gasteiger partial charge in [-0.1, -0.05) is 12.1 Å². The predicted molar refractivity (Wildman–Crippen MR) is 75.2 cm³/mol. The van der Waals surface area contributed by atoms with Crippen molar-refractivity contribution in [2.24, 2.45) is 0 Å². The van der Waals surface area contributed by atoms with Crippen LogP contribution in [0.1, 0.15) is 27.8 Å². The van der Waals surface area contributed by atoms with Crippen molar-refractivity contribution in [3.8, 4) is 0 Å². The number of fused-ring (bicyclic) bond motifs is 3. The molecule has 0 aliphatic heterocycles. The second-order valence-corrected chi connectivity index (χ2v) is 4.72. The van der Waals surface area contributed by atoms with Gasteiger partial charge >= 0.3 is 5.97 Å². The Morgan fingerprint density at radius 1 is 1.25 bits per heavy atom. The molecule has 0 saturated carbocycles. The summed E-state index contributed by atoms with van der Waals surface area (Å²) < 4.78 is 1.57. The number of nitrogens with zero attached hydrogens (tertiary/aromatic N) is 2. The van der Waals surface area contributed by atoms with E-state index >= 15 is 0 Å². The topological polar surface area (TPSA) is 72.2 Å². The van der Waals surface area contributed by atoms with Crippen LogP contribution in [0.15, 0.2) is 30.5 Å². The zero-order valence-corrected chi connectivity index (χ0v) is 11.0. The molecule has 0 bridgehead atoms. The van der Waals surface area contributed by atoms with Crippen molar-refractivity contribution in [1.29, 1.82) is 0 Å². The van der Waals surface area contributed by atoms with E-state index in [9.17, 15) is 9.59 Å². The molecule has 3 aromatic rings. The maximum atomic E-state index is 11.9. The fraction of sp³-hybridized carbons (Fsp3) is 0.133. The van der Waals surface area contributed by atoms with E-state index in [0.717, 1.165) is 21.9 Å². The molecule has 0 aliphatic carbocycles. The fourth-order valence-corrected chi connectivity index (χ4v) is 2.60. The van der Waals surface area contributed by atoms with Gasteiger partial charge in [-0.05, 0) is 24.6 Å². The fourth-order valence-electron chi connectivity index (χ4n) is 2.60. The number of carboxylic acid groups (broad SMARTS) is 1. The van der Waals surface area contributed by atoms with Crippen LogP contribution in [-0.4, -0.2) is 26.5 Å². The van der Waals surface area contributed by atoms with Gasteiger partial charge in [-0.3, -0.25) is 9.36 Å². The first-order valence-corrected chi connectivity index (χ1v) is 6.14. The monoisotopic (exact) mass is 268 g/mol. The average Bonchev–Trinajstić information content (AvgIpc) is 2.73. The number of aryl methyl sites for hydroxylation is 1. The Morgan fingerprint density at radius 2 is 2.00 bits per heavy atom. The number of carboxylic acids is 1. The number of hydrogen-bond donors (Lipinski definition) is 1. The first kappa shape index (κ1) is 12.3. The van der Waals surface area contributed by atoms with Gasteiger partial charge in [-0.15, -0.1) is 0 Å². The highest BCUT2D eigenvalue weighted by Crippen LogP contribution is 2.31. The van der Waals surface area contributed by atoms with E-state index < -0.39 is 5.97 Å². The molecule has 20 heavy (non-hydrogen) atoms. The lowest BCUT2D eigenvalue weighted by Crippen LogP contribution is -2.05. The van der Waals surface area contributed by atoms with Gasteiger partial charge in [0.2, 0.25) is 5.91 Å². The van der Waals surface area contributed by atoms with E-state index in [4.69, 9.17) is 5.11 Å². The van der Waals surface area contributed by atoms with Crippen LogP contribution in [0, 0.1) is 6.92 Å². The lowest BCUT2D eigenvalue weighted by atomic mass is 10.1. The molecule has 0 radical (unpaired) electrons. The molecule has 1 aromatic carbocycles. The molecule has 1 N–H and O–H groups in total. The zero-order valence-electron chi connectivity index (χ0n) is 11.0. The Balaban J connectivity index is 2.57. The summed E-state index contributed by atoms with van der Waals surface area (Å²) in [6.07, 6.45) is 1.44. The maximum absolute atomic E-state index is 11.9. The molecule has 0 fully saturated rings. The van der Waals surface area contributed by atoms with Crippen molar-refractivity contribution in [1.82, 2.24) is 9.55 Å². The minimum atomic E-state index is -1.08. The van der Waals surface area contributed by atoms with E-state index in [1.165, 1.54) is 19.2 Å². The summed E-state index contributed by atoms with van der Waals surface area (Å²) in [6, 6.07) is 7.19. The van der Waals surface area contributed by atoms with E-state index in [2.05, 4.69) is 4.98 Å². The number of pyridine rings is 1. The third kappa shape index (κ3) is 1.60. The number of carbonyl (C=O) groups is 2. The molecule has 0 amide bonds. The molecule has 0 unspecified atom stereocenters. The van der Waals surface area contributed by atoms with Crippen LogP contribution in [0.2, 0.25) is 0 Å². The number of aromatic nitrogens is 2. The summed E-state index contributed by atoms with van der Waals surface area (Å²) in [5.41, 5.74) is 2.38. The number of benzene rings is 1. The number of rotatable bonds is 1. The van der Waals surface area contributed by atoms with Crippen molar-refractivity contribution < 1.29 is 14.7 Å². The van der Waals surface area contributed by atoms with Crippen molar-refractivity contribution in [3.63, 3.8) is 0 Å². The molecule has 0 atom stereocenters.